The Balaban J connectivity index is 2.31. The SMILES string of the molecule is CC(OCCOCCOc1ccc(C(C)(C)CC(C)(C)C)cc1)S(=O)(=O)O. The van der Waals surface area contributed by atoms with E-state index in [4.69, 9.17) is 18.8 Å². The maximum Gasteiger partial charge on any atom is 0.291 e. The van der Waals surface area contributed by atoms with Crippen molar-refractivity contribution >= 4 is 10.1 Å². The van der Waals surface area contributed by atoms with E-state index < -0.39 is 15.6 Å². The third-order valence-electron chi connectivity index (χ3n) is 4.10. The molecule has 0 aliphatic heterocycles. The summed E-state index contributed by atoms with van der Waals surface area (Å²) in [5.41, 5.74) is 0.391. The second-order valence-corrected chi connectivity index (χ2v) is 10.3. The molecular weight excluding hydrogens is 368 g/mol. The fraction of sp³-hybridized carbons (Fsp3) is 0.700. The maximum atomic E-state index is 10.8. The molecule has 1 atom stereocenters. The van der Waals surface area contributed by atoms with Crippen LogP contribution in [0.4, 0.5) is 0 Å². The van der Waals surface area contributed by atoms with E-state index in [1.807, 2.05) is 12.1 Å². The molecule has 0 aromatic heterocycles. The molecule has 6 nitrogen and oxygen atoms in total. The standard InChI is InChI=1S/C20H34O6S/c1-16(27(21,22)23)25-13-11-24-12-14-26-18-9-7-17(8-10-18)20(5,6)15-19(2,3)4/h7-10,16H,11-15H2,1-6H3,(H,21,22,23). The molecule has 0 bridgehead atoms. The minimum Gasteiger partial charge on any atom is -0.491 e. The van der Waals surface area contributed by atoms with Gasteiger partial charge < -0.3 is 14.2 Å². The van der Waals surface area contributed by atoms with Gasteiger partial charge in [-0.2, -0.15) is 8.42 Å². The van der Waals surface area contributed by atoms with Crippen molar-refractivity contribution in [2.24, 2.45) is 5.41 Å². The molecule has 0 fully saturated rings. The van der Waals surface area contributed by atoms with E-state index >= 15 is 0 Å². The molecule has 0 saturated carbocycles. The number of hydrogen-bond acceptors (Lipinski definition) is 5. The van der Waals surface area contributed by atoms with Gasteiger partial charge in [0.2, 0.25) is 0 Å². The first kappa shape index (κ1) is 23.9. The van der Waals surface area contributed by atoms with E-state index in [1.54, 1.807) is 0 Å². The van der Waals surface area contributed by atoms with E-state index in [9.17, 15) is 8.42 Å². The average molecular weight is 403 g/mol. The first-order valence-corrected chi connectivity index (χ1v) is 10.7. The van der Waals surface area contributed by atoms with Gasteiger partial charge in [0.15, 0.2) is 5.44 Å². The van der Waals surface area contributed by atoms with Gasteiger partial charge in [-0.3, -0.25) is 4.55 Å². The largest absolute Gasteiger partial charge is 0.491 e. The van der Waals surface area contributed by atoms with E-state index in [2.05, 4.69) is 46.8 Å². The Bertz CT molecular complexity index is 659. The van der Waals surface area contributed by atoms with Crippen LogP contribution >= 0.6 is 0 Å². The zero-order valence-corrected chi connectivity index (χ0v) is 18.1. The van der Waals surface area contributed by atoms with Gasteiger partial charge in [-0.25, -0.2) is 0 Å². The third kappa shape index (κ3) is 9.55. The Kier molecular flexibility index (Phi) is 8.73. The lowest BCUT2D eigenvalue weighted by Crippen LogP contribution is -2.24. The van der Waals surface area contributed by atoms with Crippen molar-refractivity contribution in [3.05, 3.63) is 29.8 Å². The fourth-order valence-corrected chi connectivity index (χ4v) is 3.38. The van der Waals surface area contributed by atoms with E-state index in [0.717, 1.165) is 12.2 Å². The molecule has 0 amide bonds. The summed E-state index contributed by atoms with van der Waals surface area (Å²) < 4.78 is 46.2. The molecule has 1 aromatic carbocycles. The molecule has 1 N–H and O–H groups in total. The number of ether oxygens (including phenoxy) is 3. The molecule has 1 unspecified atom stereocenters. The van der Waals surface area contributed by atoms with E-state index in [1.165, 1.54) is 12.5 Å². The van der Waals surface area contributed by atoms with Crippen LogP contribution in [-0.4, -0.2) is 44.8 Å². The normalized spacial score (nSPS) is 14.2. The lowest BCUT2D eigenvalue weighted by molar-refractivity contribution is 0.0275. The summed E-state index contributed by atoms with van der Waals surface area (Å²) in [6.07, 6.45) is 1.09. The second kappa shape index (κ2) is 9.87. The highest BCUT2D eigenvalue weighted by Crippen LogP contribution is 2.36. The molecule has 27 heavy (non-hydrogen) atoms. The predicted molar refractivity (Wildman–Crippen MR) is 107 cm³/mol. The van der Waals surface area contributed by atoms with Gasteiger partial charge in [-0.05, 0) is 41.9 Å². The molecule has 0 aliphatic carbocycles. The molecule has 0 spiro atoms. The maximum absolute atomic E-state index is 10.8. The first-order chi connectivity index (χ1) is 12.3. The van der Waals surface area contributed by atoms with Crippen molar-refractivity contribution in [3.63, 3.8) is 0 Å². The van der Waals surface area contributed by atoms with E-state index in [0.29, 0.717) is 13.2 Å². The van der Waals surface area contributed by atoms with Gasteiger partial charge in [0, 0.05) is 0 Å². The van der Waals surface area contributed by atoms with Crippen LogP contribution in [0.25, 0.3) is 0 Å². The Labute approximate surface area is 164 Å². The Morgan fingerprint density at radius 3 is 2.04 bits per heavy atom. The molecule has 7 heteroatoms. The fourth-order valence-electron chi connectivity index (χ4n) is 3.11. The molecule has 0 radical (unpaired) electrons. The van der Waals surface area contributed by atoms with Gasteiger partial charge in [0.05, 0.1) is 19.8 Å². The van der Waals surface area contributed by atoms with Crippen molar-refractivity contribution in [3.8, 4) is 5.75 Å². The van der Waals surface area contributed by atoms with Crippen LogP contribution in [0.15, 0.2) is 24.3 Å². The van der Waals surface area contributed by atoms with Gasteiger partial charge in [-0.15, -0.1) is 0 Å². The predicted octanol–water partition coefficient (Wildman–Crippen LogP) is 4.05. The number of benzene rings is 1. The van der Waals surface area contributed by atoms with Crippen LogP contribution in [0.1, 0.15) is 53.5 Å². The summed E-state index contributed by atoms with van der Waals surface area (Å²) in [5.74, 6) is 0.783. The lowest BCUT2D eigenvalue weighted by Gasteiger charge is -2.33. The number of rotatable bonds is 11. The Morgan fingerprint density at radius 1 is 0.963 bits per heavy atom. The zero-order chi connectivity index (χ0) is 20.7. The Hall–Kier alpha value is -1.15. The first-order valence-electron chi connectivity index (χ1n) is 9.20. The van der Waals surface area contributed by atoms with Crippen molar-refractivity contribution in [2.45, 2.75) is 58.8 Å². The van der Waals surface area contributed by atoms with Crippen LogP contribution in [0.3, 0.4) is 0 Å². The summed E-state index contributed by atoms with van der Waals surface area (Å²) in [6, 6.07) is 8.15. The summed E-state index contributed by atoms with van der Waals surface area (Å²) in [6.45, 7) is 13.6. The second-order valence-electron chi connectivity index (χ2n) is 8.56. The summed E-state index contributed by atoms with van der Waals surface area (Å²) in [4.78, 5) is 0. The third-order valence-corrected chi connectivity index (χ3v) is 5.08. The minimum absolute atomic E-state index is 0.0819. The minimum atomic E-state index is -4.16. The van der Waals surface area contributed by atoms with Crippen molar-refractivity contribution < 1.29 is 27.2 Å². The molecular formula is C20H34O6S. The quantitative estimate of drug-likeness (QED) is 0.444. The summed E-state index contributed by atoms with van der Waals surface area (Å²) in [7, 11) is -4.16. The molecule has 156 valence electrons. The molecule has 1 aromatic rings. The van der Waals surface area contributed by atoms with Gasteiger partial charge in [0.25, 0.3) is 10.1 Å². The highest BCUT2D eigenvalue weighted by atomic mass is 32.2. The van der Waals surface area contributed by atoms with Gasteiger partial charge in [-0.1, -0.05) is 46.8 Å². The van der Waals surface area contributed by atoms with Crippen LogP contribution in [0.2, 0.25) is 0 Å². The Morgan fingerprint density at radius 2 is 1.52 bits per heavy atom. The average Bonchev–Trinajstić information content (AvgIpc) is 2.51. The molecule has 0 aliphatic rings. The van der Waals surface area contributed by atoms with Crippen molar-refractivity contribution in [1.29, 1.82) is 0 Å². The molecule has 0 heterocycles. The van der Waals surface area contributed by atoms with Gasteiger partial charge in [0.1, 0.15) is 12.4 Å². The molecule has 1 rings (SSSR count). The highest BCUT2D eigenvalue weighted by molar-refractivity contribution is 7.86. The monoisotopic (exact) mass is 402 g/mol. The zero-order valence-electron chi connectivity index (χ0n) is 17.3. The van der Waals surface area contributed by atoms with Crippen LogP contribution in [-0.2, 0) is 25.0 Å². The number of hydrogen-bond donors (Lipinski definition) is 1. The van der Waals surface area contributed by atoms with Crippen molar-refractivity contribution in [1.82, 2.24) is 0 Å². The molecule has 0 saturated heterocycles. The summed E-state index contributed by atoms with van der Waals surface area (Å²) >= 11 is 0. The van der Waals surface area contributed by atoms with Crippen LogP contribution < -0.4 is 4.74 Å². The summed E-state index contributed by atoms with van der Waals surface area (Å²) in [5, 5.41) is 0. The lowest BCUT2D eigenvalue weighted by atomic mass is 9.72. The van der Waals surface area contributed by atoms with E-state index in [-0.39, 0.29) is 24.0 Å². The topological polar surface area (TPSA) is 82.1 Å². The smallest absolute Gasteiger partial charge is 0.291 e. The van der Waals surface area contributed by atoms with Crippen LogP contribution in [0, 0.1) is 5.41 Å². The van der Waals surface area contributed by atoms with Crippen molar-refractivity contribution in [2.75, 3.05) is 26.4 Å². The van der Waals surface area contributed by atoms with Gasteiger partial charge >= 0.3 is 0 Å². The van der Waals surface area contributed by atoms with Crippen LogP contribution in [0.5, 0.6) is 5.75 Å². The highest BCUT2D eigenvalue weighted by Gasteiger charge is 2.27.